The normalized spacial score (nSPS) is 10.8. The molecule has 0 saturated heterocycles. The number of Topliss-reactive ketones (excluding diaryl/α,β-unsaturated/α-hetero) is 1. The van der Waals surface area contributed by atoms with E-state index in [-0.39, 0.29) is 0 Å². The average molecular weight is 248 g/mol. The second kappa shape index (κ2) is 4.32. The van der Waals surface area contributed by atoms with Crippen LogP contribution in [0, 0.1) is 6.92 Å². The van der Waals surface area contributed by atoms with Crippen LogP contribution >= 0.6 is 0 Å². The van der Waals surface area contributed by atoms with Crippen molar-refractivity contribution in [3.63, 3.8) is 0 Å². The summed E-state index contributed by atoms with van der Waals surface area (Å²) in [7, 11) is 0. The molecule has 3 aromatic rings. The summed E-state index contributed by atoms with van der Waals surface area (Å²) >= 11 is 0. The van der Waals surface area contributed by atoms with Crippen LogP contribution in [0.25, 0.3) is 21.5 Å². The van der Waals surface area contributed by atoms with Gasteiger partial charge in [0.15, 0.2) is 6.29 Å². The summed E-state index contributed by atoms with van der Waals surface area (Å²) in [6.07, 6.45) is 0.396. The fourth-order valence-electron chi connectivity index (χ4n) is 2.62. The lowest BCUT2D eigenvalue weighted by Crippen LogP contribution is -2.03. The second-order valence-corrected chi connectivity index (χ2v) is 4.63. The minimum Gasteiger partial charge on any atom is -0.294 e. The van der Waals surface area contributed by atoms with Gasteiger partial charge in [-0.25, -0.2) is 0 Å². The number of carbonyl (C=O) groups is 2. The minimum atomic E-state index is -0.462. The molecule has 0 saturated carbocycles. The molecular formula is C17H12O2. The van der Waals surface area contributed by atoms with E-state index in [0.29, 0.717) is 11.8 Å². The van der Waals surface area contributed by atoms with Crippen LogP contribution in [0.4, 0.5) is 0 Å². The van der Waals surface area contributed by atoms with E-state index in [1.54, 1.807) is 0 Å². The summed E-state index contributed by atoms with van der Waals surface area (Å²) in [5.74, 6) is -0.462. The molecule has 0 unspecified atom stereocenters. The molecular weight excluding hydrogens is 236 g/mol. The molecule has 0 N–H and O–H groups in total. The lowest BCUT2D eigenvalue weighted by molar-refractivity contribution is -0.104. The molecule has 2 heteroatoms. The van der Waals surface area contributed by atoms with Crippen molar-refractivity contribution in [2.45, 2.75) is 6.92 Å². The molecule has 0 bridgehead atoms. The third-order valence-corrected chi connectivity index (χ3v) is 3.45. The van der Waals surface area contributed by atoms with Crippen molar-refractivity contribution in [1.29, 1.82) is 0 Å². The number of hydrogen-bond acceptors (Lipinski definition) is 2. The van der Waals surface area contributed by atoms with Crippen LogP contribution in [0.2, 0.25) is 0 Å². The van der Waals surface area contributed by atoms with Crippen LogP contribution < -0.4 is 0 Å². The molecule has 0 spiro atoms. The highest BCUT2D eigenvalue weighted by Crippen LogP contribution is 2.30. The van der Waals surface area contributed by atoms with Gasteiger partial charge in [0.05, 0.1) is 0 Å². The number of fused-ring (bicyclic) bond motifs is 2. The van der Waals surface area contributed by atoms with Crippen molar-refractivity contribution in [2.24, 2.45) is 0 Å². The van der Waals surface area contributed by atoms with Gasteiger partial charge in [-0.3, -0.25) is 9.59 Å². The molecule has 0 aliphatic rings. The Morgan fingerprint density at radius 2 is 1.74 bits per heavy atom. The summed E-state index contributed by atoms with van der Waals surface area (Å²) in [5, 5.41) is 3.68. The third kappa shape index (κ3) is 1.73. The predicted molar refractivity (Wildman–Crippen MR) is 76.6 cm³/mol. The number of aldehydes is 1. The SMILES string of the molecule is Cc1cccc2cc3ccccc3c(C(=O)C=O)c12. The molecule has 2 nitrogen and oxygen atoms in total. The van der Waals surface area contributed by atoms with Gasteiger partial charge in [0.25, 0.3) is 0 Å². The Labute approximate surface area is 110 Å². The highest BCUT2D eigenvalue weighted by atomic mass is 16.2. The van der Waals surface area contributed by atoms with Gasteiger partial charge in [-0.1, -0.05) is 42.5 Å². The lowest BCUT2D eigenvalue weighted by Gasteiger charge is -2.10. The van der Waals surface area contributed by atoms with Crippen LogP contribution in [-0.4, -0.2) is 12.1 Å². The van der Waals surface area contributed by atoms with Crippen molar-refractivity contribution in [2.75, 3.05) is 0 Å². The number of ketones is 1. The standard InChI is InChI=1S/C17H12O2/c1-11-5-4-7-13-9-12-6-2-3-8-14(12)17(16(11)13)15(19)10-18/h2-10H,1H3. The molecule has 0 fully saturated rings. The summed E-state index contributed by atoms with van der Waals surface area (Å²) in [4.78, 5) is 23.0. The Kier molecular flexibility index (Phi) is 2.64. The Morgan fingerprint density at radius 1 is 1.00 bits per heavy atom. The summed E-state index contributed by atoms with van der Waals surface area (Å²) in [6.45, 7) is 1.96. The number of carbonyl (C=O) groups excluding carboxylic acids is 2. The molecule has 0 heterocycles. The maximum atomic E-state index is 12.0. The van der Waals surface area contributed by atoms with Gasteiger partial charge < -0.3 is 0 Å². The Bertz CT molecular complexity index is 816. The highest BCUT2D eigenvalue weighted by Gasteiger charge is 2.15. The van der Waals surface area contributed by atoms with Gasteiger partial charge in [0, 0.05) is 5.56 Å². The molecule has 0 aliphatic heterocycles. The summed E-state index contributed by atoms with van der Waals surface area (Å²) < 4.78 is 0. The van der Waals surface area contributed by atoms with Crippen molar-refractivity contribution < 1.29 is 9.59 Å². The van der Waals surface area contributed by atoms with Crippen LogP contribution in [0.1, 0.15) is 15.9 Å². The monoisotopic (exact) mass is 248 g/mol. The first-order valence-corrected chi connectivity index (χ1v) is 6.13. The van der Waals surface area contributed by atoms with Gasteiger partial charge >= 0.3 is 0 Å². The molecule has 0 amide bonds. The Hall–Kier alpha value is -2.48. The summed E-state index contributed by atoms with van der Waals surface area (Å²) in [5.41, 5.74) is 1.52. The fraction of sp³-hybridized carbons (Fsp3) is 0.0588. The molecule has 3 rings (SSSR count). The molecule has 19 heavy (non-hydrogen) atoms. The van der Waals surface area contributed by atoms with E-state index in [1.165, 1.54) is 0 Å². The lowest BCUT2D eigenvalue weighted by atomic mass is 9.92. The molecule has 0 radical (unpaired) electrons. The summed E-state index contributed by atoms with van der Waals surface area (Å²) in [6, 6.07) is 15.6. The van der Waals surface area contributed by atoms with Crippen molar-refractivity contribution in [1.82, 2.24) is 0 Å². The number of hydrogen-bond donors (Lipinski definition) is 0. The van der Waals surface area contributed by atoms with Gasteiger partial charge in [-0.05, 0) is 40.1 Å². The van der Waals surface area contributed by atoms with Crippen molar-refractivity contribution in [3.8, 4) is 0 Å². The number of rotatable bonds is 2. The second-order valence-electron chi connectivity index (χ2n) is 4.63. The predicted octanol–water partition coefficient (Wildman–Crippen LogP) is 3.68. The number of benzene rings is 3. The number of aryl methyl sites for hydroxylation is 1. The fourth-order valence-corrected chi connectivity index (χ4v) is 2.62. The molecule has 0 aliphatic carbocycles. The maximum Gasteiger partial charge on any atom is 0.226 e. The highest BCUT2D eigenvalue weighted by molar-refractivity contribution is 6.40. The van der Waals surface area contributed by atoms with Gasteiger partial charge in [0.2, 0.25) is 5.78 Å². The average Bonchev–Trinajstić information content (AvgIpc) is 2.44. The van der Waals surface area contributed by atoms with E-state index in [1.807, 2.05) is 49.4 Å². The molecule has 92 valence electrons. The zero-order valence-electron chi connectivity index (χ0n) is 10.5. The van der Waals surface area contributed by atoms with E-state index in [0.717, 1.165) is 27.1 Å². The van der Waals surface area contributed by atoms with Crippen LogP contribution in [-0.2, 0) is 4.79 Å². The molecule has 0 atom stereocenters. The third-order valence-electron chi connectivity index (χ3n) is 3.45. The van der Waals surface area contributed by atoms with Crippen LogP contribution in [0.15, 0.2) is 48.5 Å². The zero-order chi connectivity index (χ0) is 13.4. The van der Waals surface area contributed by atoms with E-state index in [4.69, 9.17) is 0 Å². The largest absolute Gasteiger partial charge is 0.294 e. The van der Waals surface area contributed by atoms with Crippen LogP contribution in [0.3, 0.4) is 0 Å². The maximum absolute atomic E-state index is 12.0. The minimum absolute atomic E-state index is 0.396. The van der Waals surface area contributed by atoms with Crippen molar-refractivity contribution >= 4 is 33.6 Å². The Balaban J connectivity index is 2.62. The van der Waals surface area contributed by atoms with E-state index in [9.17, 15) is 9.59 Å². The molecule has 3 aromatic carbocycles. The zero-order valence-corrected chi connectivity index (χ0v) is 10.5. The van der Waals surface area contributed by atoms with E-state index in [2.05, 4.69) is 6.07 Å². The van der Waals surface area contributed by atoms with Crippen LogP contribution in [0.5, 0.6) is 0 Å². The first-order chi connectivity index (χ1) is 9.22. The van der Waals surface area contributed by atoms with Gasteiger partial charge in [-0.15, -0.1) is 0 Å². The van der Waals surface area contributed by atoms with Crippen molar-refractivity contribution in [3.05, 3.63) is 59.7 Å². The van der Waals surface area contributed by atoms with E-state index < -0.39 is 5.78 Å². The topological polar surface area (TPSA) is 34.1 Å². The van der Waals surface area contributed by atoms with Gasteiger partial charge in [0.1, 0.15) is 0 Å². The van der Waals surface area contributed by atoms with E-state index >= 15 is 0 Å². The van der Waals surface area contributed by atoms with Gasteiger partial charge in [-0.2, -0.15) is 0 Å². The first kappa shape index (κ1) is 11.6. The quantitative estimate of drug-likeness (QED) is 0.300. The Morgan fingerprint density at radius 3 is 2.53 bits per heavy atom. The smallest absolute Gasteiger partial charge is 0.226 e. The molecule has 0 aromatic heterocycles. The first-order valence-electron chi connectivity index (χ1n) is 6.13.